The van der Waals surface area contributed by atoms with Crippen molar-refractivity contribution < 1.29 is 32.8 Å². The first-order valence-corrected chi connectivity index (χ1v) is 11.5. The molecule has 0 bridgehead atoms. The number of carbonyl (C=O) groups is 3. The SMILES string of the molecule is CC(C)[C@H](NC(=O)C[C@@H]1CCC(=O)N1Cc1cccc(F)c1F)C(=O)OCc1ccc([N+](=O)[O-])cc1. The Bertz CT molecular complexity index is 1140. The first kappa shape index (κ1) is 26.7. The fourth-order valence-corrected chi connectivity index (χ4v) is 3.98. The highest BCUT2D eigenvalue weighted by atomic mass is 19.2. The summed E-state index contributed by atoms with van der Waals surface area (Å²) in [5, 5.41) is 13.4. The molecule has 2 amide bonds. The number of benzene rings is 2. The number of hydrogen-bond acceptors (Lipinski definition) is 6. The highest BCUT2D eigenvalue weighted by Gasteiger charge is 2.34. The Morgan fingerprint density at radius 3 is 2.53 bits per heavy atom. The summed E-state index contributed by atoms with van der Waals surface area (Å²) in [6.45, 7) is 3.18. The summed E-state index contributed by atoms with van der Waals surface area (Å²) in [6, 6.07) is 7.80. The van der Waals surface area contributed by atoms with Crippen LogP contribution in [0, 0.1) is 27.7 Å². The van der Waals surface area contributed by atoms with E-state index in [9.17, 15) is 33.3 Å². The van der Waals surface area contributed by atoms with E-state index in [0.717, 1.165) is 6.07 Å². The van der Waals surface area contributed by atoms with Gasteiger partial charge >= 0.3 is 5.97 Å². The zero-order valence-corrected chi connectivity index (χ0v) is 19.9. The van der Waals surface area contributed by atoms with Gasteiger partial charge in [-0.1, -0.05) is 26.0 Å². The number of halogens is 2. The number of nitrogens with zero attached hydrogens (tertiary/aromatic N) is 2. The molecule has 0 spiro atoms. The summed E-state index contributed by atoms with van der Waals surface area (Å²) in [6.07, 6.45) is 0.446. The predicted octanol–water partition coefficient (Wildman–Crippen LogP) is 3.64. The Hall–Kier alpha value is -3.89. The van der Waals surface area contributed by atoms with Gasteiger partial charge < -0.3 is 15.0 Å². The van der Waals surface area contributed by atoms with Crippen molar-refractivity contribution in [2.24, 2.45) is 5.92 Å². The van der Waals surface area contributed by atoms with Crippen LogP contribution in [0.15, 0.2) is 42.5 Å². The summed E-state index contributed by atoms with van der Waals surface area (Å²) < 4.78 is 33.0. The predicted molar refractivity (Wildman–Crippen MR) is 124 cm³/mol. The van der Waals surface area contributed by atoms with Crippen LogP contribution in [-0.4, -0.2) is 39.7 Å². The van der Waals surface area contributed by atoms with E-state index in [1.807, 2.05) is 0 Å². The maximum absolute atomic E-state index is 14.1. The minimum absolute atomic E-state index is 0.0190. The van der Waals surface area contributed by atoms with Crippen molar-refractivity contribution in [2.45, 2.75) is 58.3 Å². The number of rotatable bonds is 10. The standard InChI is InChI=1S/C25H27F2N3O6/c1-15(2)24(25(33)36-14-16-6-8-18(9-7-16)30(34)35)28-21(31)12-19-10-11-22(32)29(19)13-17-4-3-5-20(26)23(17)27/h3-9,15,19,24H,10-14H2,1-2H3,(H,28,31)/t19-,24-/m0/s1. The zero-order valence-electron chi connectivity index (χ0n) is 19.9. The molecular formula is C25H27F2N3O6. The summed E-state index contributed by atoms with van der Waals surface area (Å²) in [5.41, 5.74) is 0.481. The molecule has 0 radical (unpaired) electrons. The average molecular weight is 504 g/mol. The molecular weight excluding hydrogens is 476 g/mol. The number of ether oxygens (including phenoxy) is 1. The fourth-order valence-electron chi connectivity index (χ4n) is 3.98. The van der Waals surface area contributed by atoms with Gasteiger partial charge in [0.05, 0.1) is 4.92 Å². The number of nitrogens with one attached hydrogen (secondary N) is 1. The van der Waals surface area contributed by atoms with Crippen molar-refractivity contribution in [2.75, 3.05) is 0 Å². The van der Waals surface area contributed by atoms with Crippen LogP contribution in [-0.2, 0) is 32.3 Å². The number of nitro benzene ring substituents is 1. The molecule has 9 nitrogen and oxygen atoms in total. The normalized spacial score (nSPS) is 16.2. The maximum atomic E-state index is 14.1. The Kier molecular flexibility index (Phi) is 8.68. The number of carbonyl (C=O) groups excluding carboxylic acids is 3. The Morgan fingerprint density at radius 1 is 1.19 bits per heavy atom. The van der Waals surface area contributed by atoms with Crippen LogP contribution in [0.2, 0.25) is 0 Å². The van der Waals surface area contributed by atoms with Gasteiger partial charge in [-0.15, -0.1) is 0 Å². The van der Waals surface area contributed by atoms with Crippen LogP contribution in [0.25, 0.3) is 0 Å². The van der Waals surface area contributed by atoms with E-state index < -0.39 is 40.5 Å². The molecule has 1 fully saturated rings. The van der Waals surface area contributed by atoms with Gasteiger partial charge in [-0.2, -0.15) is 0 Å². The number of hydrogen-bond donors (Lipinski definition) is 1. The molecule has 0 unspecified atom stereocenters. The molecule has 2 aromatic carbocycles. The molecule has 1 aliphatic heterocycles. The maximum Gasteiger partial charge on any atom is 0.329 e. The number of nitro groups is 1. The van der Waals surface area contributed by atoms with Crippen molar-refractivity contribution in [3.05, 3.63) is 75.3 Å². The molecule has 0 aromatic heterocycles. The molecule has 0 saturated carbocycles. The highest BCUT2D eigenvalue weighted by molar-refractivity contribution is 5.86. The van der Waals surface area contributed by atoms with Crippen LogP contribution in [0.4, 0.5) is 14.5 Å². The van der Waals surface area contributed by atoms with Gasteiger partial charge in [0.2, 0.25) is 11.8 Å². The third-order valence-corrected chi connectivity index (χ3v) is 6.01. The highest BCUT2D eigenvalue weighted by Crippen LogP contribution is 2.25. The average Bonchev–Trinajstić information content (AvgIpc) is 3.17. The van der Waals surface area contributed by atoms with Crippen molar-refractivity contribution in [3.63, 3.8) is 0 Å². The largest absolute Gasteiger partial charge is 0.459 e. The van der Waals surface area contributed by atoms with Crippen molar-refractivity contribution in [3.8, 4) is 0 Å². The minimum Gasteiger partial charge on any atom is -0.459 e. The third-order valence-electron chi connectivity index (χ3n) is 6.01. The molecule has 1 N–H and O–H groups in total. The van der Waals surface area contributed by atoms with Gasteiger partial charge in [0.25, 0.3) is 5.69 Å². The Morgan fingerprint density at radius 2 is 1.89 bits per heavy atom. The Labute approximate surface area is 206 Å². The van der Waals surface area contributed by atoms with Crippen LogP contribution in [0.1, 0.15) is 44.2 Å². The lowest BCUT2D eigenvalue weighted by Gasteiger charge is -2.26. The summed E-state index contributed by atoms with van der Waals surface area (Å²) in [5.74, 6) is -3.76. The van der Waals surface area contributed by atoms with Gasteiger partial charge in [0.15, 0.2) is 11.6 Å². The van der Waals surface area contributed by atoms with Gasteiger partial charge in [-0.05, 0) is 36.1 Å². The second-order valence-electron chi connectivity index (χ2n) is 8.95. The molecule has 1 aliphatic rings. The molecule has 1 heterocycles. The topological polar surface area (TPSA) is 119 Å². The molecule has 0 aliphatic carbocycles. The molecule has 36 heavy (non-hydrogen) atoms. The molecule has 11 heteroatoms. The number of amides is 2. The number of esters is 1. The molecule has 2 aromatic rings. The smallest absolute Gasteiger partial charge is 0.329 e. The van der Waals surface area contributed by atoms with E-state index >= 15 is 0 Å². The first-order chi connectivity index (χ1) is 17.1. The molecule has 2 atom stereocenters. The van der Waals surface area contributed by atoms with Crippen molar-refractivity contribution in [1.82, 2.24) is 10.2 Å². The zero-order chi connectivity index (χ0) is 26.4. The quantitative estimate of drug-likeness (QED) is 0.300. The van der Waals surface area contributed by atoms with Crippen LogP contribution in [0.5, 0.6) is 0 Å². The molecule has 3 rings (SSSR count). The monoisotopic (exact) mass is 503 g/mol. The van der Waals surface area contributed by atoms with E-state index in [0.29, 0.717) is 12.0 Å². The lowest BCUT2D eigenvalue weighted by molar-refractivity contribution is -0.384. The fraction of sp³-hybridized carbons (Fsp3) is 0.400. The lowest BCUT2D eigenvalue weighted by Crippen LogP contribution is -2.47. The van der Waals surface area contributed by atoms with Gasteiger partial charge in [-0.3, -0.25) is 19.7 Å². The van der Waals surface area contributed by atoms with E-state index in [1.54, 1.807) is 13.8 Å². The van der Waals surface area contributed by atoms with Crippen LogP contribution < -0.4 is 5.32 Å². The second-order valence-corrected chi connectivity index (χ2v) is 8.95. The van der Waals surface area contributed by atoms with Crippen LogP contribution in [0.3, 0.4) is 0 Å². The third kappa shape index (κ3) is 6.61. The van der Waals surface area contributed by atoms with Gasteiger partial charge in [0.1, 0.15) is 12.6 Å². The number of non-ortho nitro benzene ring substituents is 1. The molecule has 192 valence electrons. The van der Waals surface area contributed by atoms with Gasteiger partial charge in [-0.25, -0.2) is 13.6 Å². The second kappa shape index (κ2) is 11.7. The van der Waals surface area contributed by atoms with E-state index in [-0.39, 0.29) is 49.1 Å². The summed E-state index contributed by atoms with van der Waals surface area (Å²) in [7, 11) is 0. The first-order valence-electron chi connectivity index (χ1n) is 11.5. The summed E-state index contributed by atoms with van der Waals surface area (Å²) in [4.78, 5) is 49.3. The van der Waals surface area contributed by atoms with E-state index in [1.165, 1.54) is 41.3 Å². The lowest BCUT2D eigenvalue weighted by atomic mass is 10.0. The molecule has 1 saturated heterocycles. The Balaban J connectivity index is 1.58. The van der Waals surface area contributed by atoms with Crippen molar-refractivity contribution >= 4 is 23.5 Å². The summed E-state index contributed by atoms with van der Waals surface area (Å²) >= 11 is 0. The minimum atomic E-state index is -1.03. The number of likely N-dealkylation sites (tertiary alicyclic amines) is 1. The van der Waals surface area contributed by atoms with Crippen molar-refractivity contribution in [1.29, 1.82) is 0 Å². The van der Waals surface area contributed by atoms with Crippen LogP contribution >= 0.6 is 0 Å². The van der Waals surface area contributed by atoms with E-state index in [4.69, 9.17) is 4.74 Å². The van der Waals surface area contributed by atoms with E-state index in [2.05, 4.69) is 5.32 Å². The van der Waals surface area contributed by atoms with Gasteiger partial charge in [0, 0.05) is 43.1 Å².